The summed E-state index contributed by atoms with van der Waals surface area (Å²) < 4.78 is 33.4. The molecule has 112 valence electrons. The standard InChI is InChI=1S/C17H18F2O2/c1-9-5-7-12(17(21-4)11(9)3)16(20)14-13(18)8-6-10(2)15(14)19/h5-8,16,20H,1-4H3. The second kappa shape index (κ2) is 5.82. The van der Waals surface area contributed by atoms with E-state index in [0.717, 1.165) is 17.2 Å². The van der Waals surface area contributed by atoms with Crippen molar-refractivity contribution in [2.75, 3.05) is 7.11 Å². The molecule has 21 heavy (non-hydrogen) atoms. The second-order valence-electron chi connectivity index (χ2n) is 5.12. The van der Waals surface area contributed by atoms with E-state index in [1.807, 2.05) is 13.8 Å². The number of ether oxygens (including phenoxy) is 1. The van der Waals surface area contributed by atoms with Gasteiger partial charge in [0.05, 0.1) is 12.7 Å². The molecule has 1 atom stereocenters. The third-order valence-corrected chi connectivity index (χ3v) is 3.80. The van der Waals surface area contributed by atoms with Crippen molar-refractivity contribution in [3.8, 4) is 5.75 Å². The third-order valence-electron chi connectivity index (χ3n) is 3.80. The lowest BCUT2D eigenvalue weighted by atomic mass is 9.94. The van der Waals surface area contributed by atoms with Crippen LogP contribution in [0.3, 0.4) is 0 Å². The van der Waals surface area contributed by atoms with Crippen molar-refractivity contribution in [3.05, 3.63) is 63.7 Å². The lowest BCUT2D eigenvalue weighted by Gasteiger charge is -2.19. The van der Waals surface area contributed by atoms with E-state index < -0.39 is 17.7 Å². The van der Waals surface area contributed by atoms with Gasteiger partial charge in [0, 0.05) is 5.56 Å². The Hall–Kier alpha value is -1.94. The summed E-state index contributed by atoms with van der Waals surface area (Å²) in [4.78, 5) is 0. The van der Waals surface area contributed by atoms with Crippen LogP contribution in [0.5, 0.6) is 5.75 Å². The van der Waals surface area contributed by atoms with E-state index in [1.54, 1.807) is 12.1 Å². The fourth-order valence-corrected chi connectivity index (χ4v) is 2.38. The SMILES string of the molecule is COc1c(C(O)c2c(F)ccc(C)c2F)ccc(C)c1C. The molecule has 4 heteroatoms. The summed E-state index contributed by atoms with van der Waals surface area (Å²) >= 11 is 0. The maximum atomic E-state index is 14.2. The first-order valence-electron chi connectivity index (χ1n) is 6.65. The molecule has 0 aromatic heterocycles. The number of hydrogen-bond acceptors (Lipinski definition) is 2. The predicted molar refractivity (Wildman–Crippen MR) is 77.6 cm³/mol. The zero-order valence-corrected chi connectivity index (χ0v) is 12.5. The summed E-state index contributed by atoms with van der Waals surface area (Å²) in [6, 6.07) is 5.93. The van der Waals surface area contributed by atoms with E-state index in [4.69, 9.17) is 4.74 Å². The number of aliphatic hydroxyl groups excluding tert-OH is 1. The average molecular weight is 292 g/mol. The van der Waals surface area contributed by atoms with Crippen molar-refractivity contribution in [2.45, 2.75) is 26.9 Å². The zero-order chi connectivity index (χ0) is 15.7. The minimum Gasteiger partial charge on any atom is -0.496 e. The summed E-state index contributed by atoms with van der Waals surface area (Å²) in [7, 11) is 1.47. The van der Waals surface area contributed by atoms with Gasteiger partial charge in [-0.25, -0.2) is 8.78 Å². The summed E-state index contributed by atoms with van der Waals surface area (Å²) in [6.07, 6.45) is -1.42. The van der Waals surface area contributed by atoms with E-state index >= 15 is 0 Å². The molecule has 2 nitrogen and oxygen atoms in total. The molecule has 0 saturated carbocycles. The first-order chi connectivity index (χ1) is 9.88. The Balaban J connectivity index is 2.64. The van der Waals surface area contributed by atoms with E-state index in [9.17, 15) is 13.9 Å². The predicted octanol–water partition coefficient (Wildman–Crippen LogP) is 3.98. The minimum absolute atomic E-state index is 0.285. The molecule has 0 aliphatic rings. The van der Waals surface area contributed by atoms with Gasteiger partial charge < -0.3 is 9.84 Å². The Morgan fingerprint density at radius 2 is 1.62 bits per heavy atom. The molecule has 0 radical (unpaired) electrons. The normalized spacial score (nSPS) is 12.3. The lowest BCUT2D eigenvalue weighted by molar-refractivity contribution is 0.203. The van der Waals surface area contributed by atoms with Crippen LogP contribution >= 0.6 is 0 Å². The van der Waals surface area contributed by atoms with Crippen molar-refractivity contribution in [1.29, 1.82) is 0 Å². The van der Waals surface area contributed by atoms with Crippen LogP contribution in [0, 0.1) is 32.4 Å². The third kappa shape index (κ3) is 2.63. The van der Waals surface area contributed by atoms with E-state index in [2.05, 4.69) is 0 Å². The van der Waals surface area contributed by atoms with E-state index in [-0.39, 0.29) is 11.1 Å². The smallest absolute Gasteiger partial charge is 0.135 e. The first-order valence-corrected chi connectivity index (χ1v) is 6.65. The zero-order valence-electron chi connectivity index (χ0n) is 12.5. The van der Waals surface area contributed by atoms with Crippen molar-refractivity contribution in [2.24, 2.45) is 0 Å². The maximum absolute atomic E-state index is 14.2. The molecule has 0 saturated heterocycles. The van der Waals surface area contributed by atoms with Crippen LogP contribution < -0.4 is 4.74 Å². The molecule has 0 fully saturated rings. The van der Waals surface area contributed by atoms with Gasteiger partial charge in [-0.2, -0.15) is 0 Å². The van der Waals surface area contributed by atoms with Gasteiger partial charge in [0.1, 0.15) is 23.5 Å². The molecule has 0 heterocycles. The van der Waals surface area contributed by atoms with Gasteiger partial charge >= 0.3 is 0 Å². The fraction of sp³-hybridized carbons (Fsp3) is 0.294. The van der Waals surface area contributed by atoms with Crippen molar-refractivity contribution in [1.82, 2.24) is 0 Å². The number of halogens is 2. The highest BCUT2D eigenvalue weighted by molar-refractivity contribution is 5.49. The molecule has 0 aliphatic carbocycles. The summed E-state index contributed by atoms with van der Waals surface area (Å²) in [6.45, 7) is 5.28. The van der Waals surface area contributed by atoms with Gasteiger partial charge in [0.2, 0.25) is 0 Å². The van der Waals surface area contributed by atoms with Crippen LogP contribution in [-0.4, -0.2) is 12.2 Å². The number of aryl methyl sites for hydroxylation is 2. The van der Waals surface area contributed by atoms with Crippen LogP contribution in [0.15, 0.2) is 24.3 Å². The first kappa shape index (κ1) is 15.4. The molecule has 1 unspecified atom stereocenters. The Labute approximate surface area is 123 Å². The monoisotopic (exact) mass is 292 g/mol. The van der Waals surface area contributed by atoms with Crippen LogP contribution in [0.4, 0.5) is 8.78 Å². The number of rotatable bonds is 3. The lowest BCUT2D eigenvalue weighted by Crippen LogP contribution is -2.09. The van der Waals surface area contributed by atoms with Crippen molar-refractivity contribution in [3.63, 3.8) is 0 Å². The molecular formula is C17H18F2O2. The Kier molecular flexibility index (Phi) is 4.28. The van der Waals surface area contributed by atoms with Crippen LogP contribution in [0.1, 0.15) is 33.9 Å². The molecule has 0 aliphatic heterocycles. The Morgan fingerprint density at radius 3 is 2.24 bits per heavy atom. The number of aliphatic hydroxyl groups is 1. The Morgan fingerprint density at radius 1 is 1.00 bits per heavy atom. The van der Waals surface area contributed by atoms with E-state index in [1.165, 1.54) is 20.1 Å². The van der Waals surface area contributed by atoms with Gasteiger partial charge in [-0.15, -0.1) is 0 Å². The van der Waals surface area contributed by atoms with Crippen LogP contribution in [0.25, 0.3) is 0 Å². The molecule has 0 amide bonds. The van der Waals surface area contributed by atoms with Gasteiger partial charge in [-0.1, -0.05) is 18.2 Å². The highest BCUT2D eigenvalue weighted by atomic mass is 19.1. The quantitative estimate of drug-likeness (QED) is 0.927. The highest BCUT2D eigenvalue weighted by Gasteiger charge is 2.24. The second-order valence-corrected chi connectivity index (χ2v) is 5.12. The molecule has 2 aromatic carbocycles. The summed E-state index contributed by atoms with van der Waals surface area (Å²) in [5.41, 5.74) is 2.10. The topological polar surface area (TPSA) is 29.5 Å². The molecule has 2 aromatic rings. The number of hydrogen-bond donors (Lipinski definition) is 1. The van der Waals surface area contributed by atoms with Crippen molar-refractivity contribution < 1.29 is 18.6 Å². The maximum Gasteiger partial charge on any atom is 0.135 e. The number of benzene rings is 2. The van der Waals surface area contributed by atoms with Crippen LogP contribution in [-0.2, 0) is 0 Å². The average Bonchev–Trinajstić information content (AvgIpc) is 2.46. The molecule has 0 bridgehead atoms. The summed E-state index contributed by atoms with van der Waals surface area (Å²) in [5.74, 6) is -1.06. The van der Waals surface area contributed by atoms with Gasteiger partial charge in [-0.05, 0) is 43.5 Å². The summed E-state index contributed by atoms with van der Waals surface area (Å²) in [5, 5.41) is 10.4. The van der Waals surface area contributed by atoms with Crippen molar-refractivity contribution >= 4 is 0 Å². The van der Waals surface area contributed by atoms with Gasteiger partial charge in [-0.3, -0.25) is 0 Å². The highest BCUT2D eigenvalue weighted by Crippen LogP contribution is 2.36. The molecular weight excluding hydrogens is 274 g/mol. The van der Waals surface area contributed by atoms with Crippen LogP contribution in [0.2, 0.25) is 0 Å². The molecule has 2 rings (SSSR count). The Bertz CT molecular complexity index is 681. The minimum atomic E-state index is -1.42. The largest absolute Gasteiger partial charge is 0.496 e. The van der Waals surface area contributed by atoms with Gasteiger partial charge in [0.25, 0.3) is 0 Å². The fourth-order valence-electron chi connectivity index (χ4n) is 2.38. The molecule has 1 N–H and O–H groups in total. The molecule has 0 spiro atoms. The van der Waals surface area contributed by atoms with E-state index in [0.29, 0.717) is 11.3 Å². The van der Waals surface area contributed by atoms with Gasteiger partial charge in [0.15, 0.2) is 0 Å². The number of methoxy groups -OCH3 is 1.